The standard InChI is InChI=1S/C15H20N6O6S3.Na/c1-3-4-30(26,27)7-9(22)16-10-12(23)21-11(14(24)25)8(5-28-13(10)21)6-29-15-17-18-19-20(15)2;/h10,13H,3-7H2,1-2H3,(H,16,22)(H,24,25);/q;+1/p-1/t10-,13-;/m1./s1. The molecule has 1 fully saturated rings. The number of thioether (sulfide) groups is 2. The third-order valence-corrected chi connectivity index (χ3v) is 8.55. The molecule has 1 aromatic rings. The van der Waals surface area contributed by atoms with Gasteiger partial charge >= 0.3 is 29.6 Å². The molecule has 2 aliphatic heterocycles. The maximum Gasteiger partial charge on any atom is 1.00 e. The summed E-state index contributed by atoms with van der Waals surface area (Å²) in [5, 5.41) is 25.0. The van der Waals surface area contributed by atoms with Crippen molar-refractivity contribution in [2.75, 3.05) is 23.0 Å². The van der Waals surface area contributed by atoms with E-state index in [0.29, 0.717) is 22.9 Å². The average Bonchev–Trinajstić information content (AvgIpc) is 3.07. The van der Waals surface area contributed by atoms with Gasteiger partial charge in [-0.2, -0.15) is 0 Å². The number of carboxylic acids is 1. The molecule has 164 valence electrons. The van der Waals surface area contributed by atoms with Crippen LogP contribution < -0.4 is 40.0 Å². The van der Waals surface area contributed by atoms with Crippen LogP contribution >= 0.6 is 23.5 Å². The fourth-order valence-corrected chi connectivity index (χ4v) is 6.66. The molecule has 2 amide bonds. The van der Waals surface area contributed by atoms with Crippen LogP contribution in [0.2, 0.25) is 0 Å². The number of rotatable bonds is 9. The number of carbonyl (C=O) groups excluding carboxylic acids is 3. The van der Waals surface area contributed by atoms with Gasteiger partial charge < -0.3 is 15.2 Å². The number of carbonyl (C=O) groups is 3. The number of hydrogen-bond acceptors (Lipinski definition) is 11. The van der Waals surface area contributed by atoms with Crippen molar-refractivity contribution in [2.24, 2.45) is 7.05 Å². The second-order valence-corrected chi connectivity index (χ2v) is 10.9. The summed E-state index contributed by atoms with van der Waals surface area (Å²) < 4.78 is 25.0. The molecule has 1 saturated heterocycles. The van der Waals surface area contributed by atoms with Crippen LogP contribution in [0.1, 0.15) is 13.3 Å². The Labute approximate surface area is 209 Å². The first kappa shape index (κ1) is 26.1. The molecule has 1 aromatic heterocycles. The van der Waals surface area contributed by atoms with Crippen LogP contribution in [0.25, 0.3) is 0 Å². The van der Waals surface area contributed by atoms with Crippen LogP contribution in [0.3, 0.4) is 0 Å². The van der Waals surface area contributed by atoms with E-state index >= 15 is 0 Å². The van der Waals surface area contributed by atoms with Gasteiger partial charge in [-0.3, -0.25) is 14.5 Å². The molecular weight excluding hydrogens is 479 g/mol. The Morgan fingerprint density at radius 3 is 2.68 bits per heavy atom. The van der Waals surface area contributed by atoms with Crippen molar-refractivity contribution in [1.29, 1.82) is 0 Å². The second kappa shape index (κ2) is 10.7. The number of carboxylic acid groups (broad SMARTS) is 1. The third-order valence-electron chi connectivity index (χ3n) is 4.38. The van der Waals surface area contributed by atoms with Crippen molar-refractivity contribution in [2.45, 2.75) is 29.9 Å². The van der Waals surface area contributed by atoms with E-state index in [2.05, 4.69) is 20.8 Å². The monoisotopic (exact) mass is 498 g/mol. The Hall–Kier alpha value is -1.13. The molecular formula is C15H19N6NaO6S3. The van der Waals surface area contributed by atoms with Gasteiger partial charge in [0.1, 0.15) is 17.2 Å². The van der Waals surface area contributed by atoms with Crippen LogP contribution in [0.5, 0.6) is 0 Å². The maximum atomic E-state index is 12.6. The fourth-order valence-electron chi connectivity index (χ4n) is 3.08. The molecule has 31 heavy (non-hydrogen) atoms. The Kier molecular flexibility index (Phi) is 8.98. The van der Waals surface area contributed by atoms with Crippen LogP contribution in [-0.2, 0) is 31.3 Å². The Morgan fingerprint density at radius 1 is 1.39 bits per heavy atom. The summed E-state index contributed by atoms with van der Waals surface area (Å²) in [4.78, 5) is 37.4. The van der Waals surface area contributed by atoms with Gasteiger partial charge in [0.15, 0.2) is 9.84 Å². The molecule has 0 aromatic carbocycles. The first-order valence-corrected chi connectivity index (χ1v) is 12.7. The van der Waals surface area contributed by atoms with E-state index in [-0.39, 0.29) is 46.8 Å². The number of aliphatic carboxylic acids is 1. The quantitative estimate of drug-likeness (QED) is 0.196. The summed E-state index contributed by atoms with van der Waals surface area (Å²) in [5.41, 5.74) is 0.253. The molecule has 0 aliphatic carbocycles. The van der Waals surface area contributed by atoms with Gasteiger partial charge in [0.05, 0.1) is 17.4 Å². The predicted molar refractivity (Wildman–Crippen MR) is 106 cm³/mol. The molecule has 0 spiro atoms. The molecule has 0 unspecified atom stereocenters. The van der Waals surface area contributed by atoms with Crippen LogP contribution in [-0.4, -0.2) is 85.7 Å². The van der Waals surface area contributed by atoms with Crippen molar-refractivity contribution >= 4 is 51.1 Å². The topological polar surface area (TPSA) is 167 Å². The number of tetrazole rings is 1. The minimum atomic E-state index is -3.55. The molecule has 12 nitrogen and oxygen atoms in total. The van der Waals surface area contributed by atoms with Gasteiger partial charge in [0.25, 0.3) is 5.91 Å². The third kappa shape index (κ3) is 5.82. The maximum absolute atomic E-state index is 12.6. The van der Waals surface area contributed by atoms with E-state index < -0.39 is 44.8 Å². The van der Waals surface area contributed by atoms with Gasteiger partial charge in [0.2, 0.25) is 11.1 Å². The van der Waals surface area contributed by atoms with Crippen LogP contribution in [0.4, 0.5) is 0 Å². The number of β-lactam (4-membered cyclic amide) rings is 1. The van der Waals surface area contributed by atoms with Crippen molar-refractivity contribution in [3.05, 3.63) is 11.3 Å². The predicted octanol–water partition coefficient (Wildman–Crippen LogP) is -5.47. The summed E-state index contributed by atoms with van der Waals surface area (Å²) >= 11 is 2.51. The first-order valence-electron chi connectivity index (χ1n) is 8.87. The van der Waals surface area contributed by atoms with Gasteiger partial charge in [-0.25, -0.2) is 13.1 Å². The zero-order valence-corrected chi connectivity index (χ0v) is 21.6. The number of nitrogens with one attached hydrogen (secondary N) is 1. The number of hydrogen-bond donors (Lipinski definition) is 1. The SMILES string of the molecule is CCCS(=O)(=O)CC(=O)N[C@@H]1C(=O)N2C(C(=O)[O-])=C(CSc3nnnn3C)CS[C@H]12.[Na+]. The summed E-state index contributed by atoms with van der Waals surface area (Å²) in [5.74, 6) is -3.17. The molecule has 2 atom stereocenters. The smallest absolute Gasteiger partial charge is 0.543 e. The Morgan fingerprint density at radius 2 is 2.10 bits per heavy atom. The zero-order valence-electron chi connectivity index (χ0n) is 17.1. The molecule has 0 bridgehead atoms. The number of amides is 2. The van der Waals surface area contributed by atoms with E-state index in [1.54, 1.807) is 14.0 Å². The average molecular weight is 499 g/mol. The molecule has 3 heterocycles. The Balaban J connectivity index is 0.00000341. The number of nitrogens with zero attached hydrogens (tertiary/aromatic N) is 5. The van der Waals surface area contributed by atoms with Crippen molar-refractivity contribution in [3.63, 3.8) is 0 Å². The normalized spacial score (nSPS) is 20.6. The van der Waals surface area contributed by atoms with Gasteiger partial charge in [-0.05, 0) is 22.4 Å². The number of aromatic nitrogens is 4. The molecule has 1 N–H and O–H groups in total. The van der Waals surface area contributed by atoms with E-state index in [0.717, 1.165) is 4.90 Å². The fraction of sp³-hybridized carbons (Fsp3) is 0.600. The van der Waals surface area contributed by atoms with E-state index in [9.17, 15) is 27.9 Å². The summed E-state index contributed by atoms with van der Waals surface area (Å²) in [6, 6.07) is -0.981. The second-order valence-electron chi connectivity index (χ2n) is 6.66. The van der Waals surface area contributed by atoms with Crippen molar-refractivity contribution in [1.82, 2.24) is 30.4 Å². The van der Waals surface area contributed by atoms with E-state index in [1.165, 1.54) is 28.2 Å². The van der Waals surface area contributed by atoms with Gasteiger partial charge in [0, 0.05) is 18.6 Å². The summed E-state index contributed by atoms with van der Waals surface area (Å²) in [6.07, 6.45) is 0.384. The summed E-state index contributed by atoms with van der Waals surface area (Å²) in [6.45, 7) is 1.69. The number of fused-ring (bicyclic) bond motifs is 1. The van der Waals surface area contributed by atoms with Crippen LogP contribution in [0, 0.1) is 0 Å². The van der Waals surface area contributed by atoms with Gasteiger partial charge in [-0.1, -0.05) is 18.7 Å². The zero-order chi connectivity index (χ0) is 22.1. The molecule has 0 saturated carbocycles. The van der Waals surface area contributed by atoms with E-state index in [1.807, 2.05) is 0 Å². The molecule has 0 radical (unpaired) electrons. The van der Waals surface area contributed by atoms with Gasteiger partial charge in [-0.15, -0.1) is 16.9 Å². The molecule has 2 aliphatic rings. The van der Waals surface area contributed by atoms with E-state index in [4.69, 9.17) is 0 Å². The Bertz CT molecular complexity index is 1010. The first-order chi connectivity index (χ1) is 14.1. The minimum absolute atomic E-state index is 0. The number of sulfone groups is 1. The largest absolute Gasteiger partial charge is 1.00 e. The van der Waals surface area contributed by atoms with Crippen molar-refractivity contribution in [3.8, 4) is 0 Å². The van der Waals surface area contributed by atoms with Crippen molar-refractivity contribution < 1.29 is 57.5 Å². The number of aryl methyl sites for hydroxylation is 1. The molecule has 16 heteroatoms. The summed E-state index contributed by atoms with van der Waals surface area (Å²) in [7, 11) is -1.90. The minimum Gasteiger partial charge on any atom is -0.543 e. The van der Waals surface area contributed by atoms with Crippen LogP contribution in [0.15, 0.2) is 16.4 Å². The molecule has 3 rings (SSSR count).